The van der Waals surface area contributed by atoms with Crippen molar-refractivity contribution in [1.82, 2.24) is 19.7 Å². The molecule has 0 amide bonds. The molecule has 0 saturated carbocycles. The summed E-state index contributed by atoms with van der Waals surface area (Å²) >= 11 is 5.74. The van der Waals surface area contributed by atoms with Gasteiger partial charge in [-0.25, -0.2) is 14.6 Å². The molecule has 3 aromatic rings. The topological polar surface area (TPSA) is 55.6 Å². The second-order valence-electron chi connectivity index (χ2n) is 4.56. The van der Waals surface area contributed by atoms with E-state index in [4.69, 9.17) is 11.6 Å². The lowest BCUT2D eigenvalue weighted by molar-refractivity contribution is 0.888. The molecule has 1 N–H and O–H groups in total. The van der Waals surface area contributed by atoms with Gasteiger partial charge in [-0.15, -0.1) is 0 Å². The van der Waals surface area contributed by atoms with Crippen molar-refractivity contribution in [2.24, 2.45) is 0 Å². The molecule has 0 aliphatic heterocycles. The molecule has 3 rings (SSSR count). The molecule has 0 bridgehead atoms. The number of hydrogen-bond donors (Lipinski definition) is 1. The summed E-state index contributed by atoms with van der Waals surface area (Å²) in [6.45, 7) is 2.02. The van der Waals surface area contributed by atoms with Crippen LogP contribution in [0.2, 0.25) is 5.28 Å². The van der Waals surface area contributed by atoms with Crippen LogP contribution in [0, 0.1) is 6.92 Å². The van der Waals surface area contributed by atoms with Crippen LogP contribution in [0.1, 0.15) is 5.56 Å². The molecule has 0 radical (unpaired) electrons. The number of halogens is 1. The van der Waals surface area contributed by atoms with Gasteiger partial charge in [-0.3, -0.25) is 0 Å². The molecule has 106 valence electrons. The van der Waals surface area contributed by atoms with E-state index < -0.39 is 0 Å². The van der Waals surface area contributed by atoms with E-state index in [-0.39, 0.29) is 5.28 Å². The van der Waals surface area contributed by atoms with Crippen molar-refractivity contribution in [3.63, 3.8) is 0 Å². The minimum absolute atomic E-state index is 0.229. The molecule has 0 saturated heterocycles. The zero-order valence-corrected chi connectivity index (χ0v) is 12.5. The number of hydrogen-bond acceptors (Lipinski definition) is 4. The Morgan fingerprint density at radius 1 is 1.10 bits per heavy atom. The minimum Gasteiger partial charge on any atom is -0.373 e. The highest BCUT2D eigenvalue weighted by atomic mass is 35.5. The van der Waals surface area contributed by atoms with Gasteiger partial charge >= 0.3 is 0 Å². The van der Waals surface area contributed by atoms with E-state index >= 15 is 0 Å². The van der Waals surface area contributed by atoms with Crippen LogP contribution in [0.4, 0.5) is 5.82 Å². The van der Waals surface area contributed by atoms with Gasteiger partial charge in [0, 0.05) is 30.6 Å². The Labute approximate surface area is 127 Å². The average molecular weight is 300 g/mol. The van der Waals surface area contributed by atoms with Crippen molar-refractivity contribution in [3.05, 3.63) is 53.6 Å². The van der Waals surface area contributed by atoms with E-state index in [2.05, 4.69) is 20.4 Å². The SMILES string of the molecule is CNc1c(C)c(-c2cnc(Cl)nc2)nn1-c1ccccc1. The second-order valence-corrected chi connectivity index (χ2v) is 4.90. The van der Waals surface area contributed by atoms with Crippen LogP contribution < -0.4 is 5.32 Å². The van der Waals surface area contributed by atoms with Crippen molar-refractivity contribution in [1.29, 1.82) is 0 Å². The van der Waals surface area contributed by atoms with Crippen molar-refractivity contribution in [3.8, 4) is 16.9 Å². The van der Waals surface area contributed by atoms with Crippen LogP contribution in [0.25, 0.3) is 16.9 Å². The van der Waals surface area contributed by atoms with Gasteiger partial charge in [0.2, 0.25) is 5.28 Å². The smallest absolute Gasteiger partial charge is 0.222 e. The molecule has 1 aromatic carbocycles. The highest BCUT2D eigenvalue weighted by Crippen LogP contribution is 2.29. The zero-order valence-electron chi connectivity index (χ0n) is 11.7. The van der Waals surface area contributed by atoms with Crippen molar-refractivity contribution >= 4 is 17.4 Å². The van der Waals surface area contributed by atoms with Crippen molar-refractivity contribution in [2.45, 2.75) is 6.92 Å². The summed E-state index contributed by atoms with van der Waals surface area (Å²) in [5.74, 6) is 0.936. The third-order valence-corrected chi connectivity index (χ3v) is 3.45. The summed E-state index contributed by atoms with van der Waals surface area (Å²) in [5, 5.41) is 8.11. The third kappa shape index (κ3) is 2.48. The van der Waals surface area contributed by atoms with Gasteiger partial charge in [-0.2, -0.15) is 5.10 Å². The lowest BCUT2D eigenvalue weighted by atomic mass is 10.1. The molecule has 0 atom stereocenters. The number of benzene rings is 1. The Hall–Kier alpha value is -2.40. The second kappa shape index (κ2) is 5.54. The lowest BCUT2D eigenvalue weighted by Crippen LogP contribution is -2.02. The molecule has 0 aliphatic rings. The first kappa shape index (κ1) is 13.6. The first-order valence-corrected chi connectivity index (χ1v) is 6.89. The molecule has 0 unspecified atom stereocenters. The predicted octanol–water partition coefficient (Wildman–Crippen LogP) is 3.33. The van der Waals surface area contributed by atoms with Gasteiger partial charge in [-0.1, -0.05) is 18.2 Å². The predicted molar refractivity (Wildman–Crippen MR) is 83.9 cm³/mol. The van der Waals surface area contributed by atoms with Gasteiger partial charge in [0.15, 0.2) is 0 Å². The molecular formula is C15H14ClN5. The van der Waals surface area contributed by atoms with Crippen LogP contribution in [0.15, 0.2) is 42.7 Å². The van der Waals surface area contributed by atoms with Gasteiger partial charge in [-0.05, 0) is 30.7 Å². The maximum atomic E-state index is 5.74. The number of rotatable bonds is 3. The Morgan fingerprint density at radius 3 is 2.38 bits per heavy atom. The zero-order chi connectivity index (χ0) is 14.8. The van der Waals surface area contributed by atoms with E-state index in [9.17, 15) is 0 Å². The first-order valence-electron chi connectivity index (χ1n) is 6.51. The van der Waals surface area contributed by atoms with Gasteiger partial charge in [0.05, 0.1) is 5.69 Å². The molecule has 6 heteroatoms. The number of anilines is 1. The quantitative estimate of drug-likeness (QED) is 0.754. The van der Waals surface area contributed by atoms with Crippen LogP contribution in [-0.4, -0.2) is 26.8 Å². The molecule has 5 nitrogen and oxygen atoms in total. The summed E-state index contributed by atoms with van der Waals surface area (Å²) in [6.07, 6.45) is 3.36. The highest BCUT2D eigenvalue weighted by molar-refractivity contribution is 6.28. The summed E-state index contributed by atoms with van der Waals surface area (Å²) < 4.78 is 1.87. The third-order valence-electron chi connectivity index (χ3n) is 3.25. The molecular weight excluding hydrogens is 286 g/mol. The normalized spacial score (nSPS) is 10.6. The highest BCUT2D eigenvalue weighted by Gasteiger charge is 2.16. The number of nitrogens with one attached hydrogen (secondary N) is 1. The van der Waals surface area contributed by atoms with Crippen LogP contribution >= 0.6 is 11.6 Å². The Balaban J connectivity index is 2.16. The van der Waals surface area contributed by atoms with Crippen molar-refractivity contribution in [2.75, 3.05) is 12.4 Å². The number of aromatic nitrogens is 4. The van der Waals surface area contributed by atoms with E-state index in [1.165, 1.54) is 0 Å². The number of para-hydroxylation sites is 1. The summed E-state index contributed by atoms with van der Waals surface area (Å²) in [7, 11) is 1.88. The van der Waals surface area contributed by atoms with Gasteiger partial charge < -0.3 is 5.32 Å². The summed E-state index contributed by atoms with van der Waals surface area (Å²) in [6, 6.07) is 9.96. The van der Waals surface area contributed by atoms with Gasteiger partial charge in [0.25, 0.3) is 0 Å². The van der Waals surface area contributed by atoms with E-state index in [0.717, 1.165) is 28.3 Å². The van der Waals surface area contributed by atoms with Crippen LogP contribution in [0.5, 0.6) is 0 Å². The summed E-state index contributed by atoms with van der Waals surface area (Å²) in [4.78, 5) is 8.04. The molecule has 2 heterocycles. The molecule has 0 fully saturated rings. The fraction of sp³-hybridized carbons (Fsp3) is 0.133. The maximum Gasteiger partial charge on any atom is 0.222 e. The molecule has 0 aliphatic carbocycles. The van der Waals surface area contributed by atoms with Crippen LogP contribution in [-0.2, 0) is 0 Å². The van der Waals surface area contributed by atoms with E-state index in [1.807, 2.05) is 49.0 Å². The monoisotopic (exact) mass is 299 g/mol. The summed E-state index contributed by atoms with van der Waals surface area (Å²) in [5.41, 5.74) is 3.70. The standard InChI is InChI=1S/C15H14ClN5/c1-10-13(11-8-18-15(16)19-9-11)20-21(14(10)17-2)12-6-4-3-5-7-12/h3-9,17H,1-2H3. The first-order chi connectivity index (χ1) is 10.2. The van der Waals surface area contributed by atoms with Gasteiger partial charge in [0.1, 0.15) is 11.5 Å². The van der Waals surface area contributed by atoms with Crippen LogP contribution in [0.3, 0.4) is 0 Å². The molecule has 21 heavy (non-hydrogen) atoms. The van der Waals surface area contributed by atoms with Crippen molar-refractivity contribution < 1.29 is 0 Å². The fourth-order valence-electron chi connectivity index (χ4n) is 2.25. The lowest BCUT2D eigenvalue weighted by Gasteiger charge is -2.06. The average Bonchev–Trinajstić information content (AvgIpc) is 2.86. The minimum atomic E-state index is 0.229. The fourth-order valence-corrected chi connectivity index (χ4v) is 2.35. The Morgan fingerprint density at radius 2 is 1.76 bits per heavy atom. The van der Waals surface area contributed by atoms with E-state index in [1.54, 1.807) is 12.4 Å². The number of nitrogens with zero attached hydrogens (tertiary/aromatic N) is 4. The maximum absolute atomic E-state index is 5.74. The Bertz CT molecular complexity index is 750. The molecule has 2 aromatic heterocycles. The van der Waals surface area contributed by atoms with E-state index in [0.29, 0.717) is 0 Å². The Kier molecular flexibility index (Phi) is 3.58. The largest absolute Gasteiger partial charge is 0.373 e. The molecule has 0 spiro atoms.